The van der Waals surface area contributed by atoms with Gasteiger partial charge in [-0.15, -0.1) is 0 Å². The summed E-state index contributed by atoms with van der Waals surface area (Å²) < 4.78 is 5.18. The molecule has 0 aliphatic rings. The maximum Gasteiger partial charge on any atom is 0.314 e. The van der Waals surface area contributed by atoms with Crippen LogP contribution in [0, 0.1) is 6.92 Å². The third-order valence-electron chi connectivity index (χ3n) is 3.49. The molecule has 0 fully saturated rings. The average Bonchev–Trinajstić information content (AvgIpc) is 3.02. The van der Waals surface area contributed by atoms with E-state index in [1.54, 1.807) is 36.7 Å². The predicted octanol–water partition coefficient (Wildman–Crippen LogP) is 2.46. The molecule has 7 nitrogen and oxygen atoms in total. The number of nitrogens with one attached hydrogen (secondary N) is 3. The highest BCUT2D eigenvalue weighted by molar-refractivity contribution is 6.43. The molecular formula is C17H16N4O3. The molecule has 0 aliphatic carbocycles. The number of H-pyrrole nitrogens is 1. The van der Waals surface area contributed by atoms with Gasteiger partial charge < -0.3 is 20.4 Å². The fourth-order valence-corrected chi connectivity index (χ4v) is 2.30. The maximum absolute atomic E-state index is 12.1. The van der Waals surface area contributed by atoms with Crippen molar-refractivity contribution in [2.75, 3.05) is 17.7 Å². The number of anilines is 2. The predicted molar refractivity (Wildman–Crippen MR) is 91.1 cm³/mol. The molecule has 1 aromatic heterocycles. The summed E-state index contributed by atoms with van der Waals surface area (Å²) in [6.07, 6.45) is 1.56. The summed E-state index contributed by atoms with van der Waals surface area (Å²) in [5.41, 5.74) is 3.44. The number of fused-ring (bicyclic) bond motifs is 1. The van der Waals surface area contributed by atoms with Crippen LogP contribution in [0.25, 0.3) is 11.0 Å². The Kier molecular flexibility index (Phi) is 4.15. The van der Waals surface area contributed by atoms with Crippen molar-refractivity contribution in [3.63, 3.8) is 0 Å². The fraction of sp³-hybridized carbons (Fsp3) is 0.118. The van der Waals surface area contributed by atoms with Crippen LogP contribution in [0.2, 0.25) is 0 Å². The lowest BCUT2D eigenvalue weighted by Gasteiger charge is -2.11. The van der Waals surface area contributed by atoms with Crippen LogP contribution in [-0.2, 0) is 9.59 Å². The van der Waals surface area contributed by atoms with Crippen LogP contribution < -0.4 is 15.4 Å². The SMILES string of the molecule is COc1ccc(C)cc1NC(=O)C(=O)Nc1ccc2nc[nH]c2c1. The topological polar surface area (TPSA) is 96.1 Å². The molecule has 0 unspecified atom stereocenters. The summed E-state index contributed by atoms with van der Waals surface area (Å²) >= 11 is 0. The Bertz CT molecular complexity index is 917. The molecule has 0 saturated heterocycles. The maximum atomic E-state index is 12.1. The van der Waals surface area contributed by atoms with Crippen LogP contribution in [0.1, 0.15) is 5.56 Å². The van der Waals surface area contributed by atoms with Crippen molar-refractivity contribution >= 4 is 34.2 Å². The number of aromatic nitrogens is 2. The highest BCUT2D eigenvalue weighted by Gasteiger charge is 2.16. The number of imidazole rings is 1. The van der Waals surface area contributed by atoms with E-state index in [4.69, 9.17) is 4.74 Å². The van der Waals surface area contributed by atoms with Crippen LogP contribution in [0.4, 0.5) is 11.4 Å². The highest BCUT2D eigenvalue weighted by Crippen LogP contribution is 2.25. The number of hydrogen-bond acceptors (Lipinski definition) is 4. The molecule has 24 heavy (non-hydrogen) atoms. The first-order valence-electron chi connectivity index (χ1n) is 7.27. The summed E-state index contributed by atoms with van der Waals surface area (Å²) in [6, 6.07) is 10.5. The number of carbonyl (C=O) groups excluding carboxylic acids is 2. The van der Waals surface area contributed by atoms with Gasteiger partial charge in [0.05, 0.1) is 30.2 Å². The van der Waals surface area contributed by atoms with Crippen LogP contribution in [0.15, 0.2) is 42.7 Å². The van der Waals surface area contributed by atoms with Gasteiger partial charge in [0.15, 0.2) is 0 Å². The lowest BCUT2D eigenvalue weighted by atomic mass is 10.2. The molecule has 1 heterocycles. The molecule has 0 saturated carbocycles. The number of aryl methyl sites for hydroxylation is 1. The number of hydrogen-bond donors (Lipinski definition) is 3. The second-order valence-electron chi connectivity index (χ2n) is 5.25. The van der Waals surface area contributed by atoms with Crippen LogP contribution in [-0.4, -0.2) is 28.9 Å². The van der Waals surface area contributed by atoms with Gasteiger partial charge in [-0.25, -0.2) is 4.98 Å². The molecular weight excluding hydrogens is 308 g/mol. The molecule has 3 rings (SSSR count). The molecule has 2 aromatic carbocycles. The average molecular weight is 324 g/mol. The molecule has 7 heteroatoms. The first kappa shape index (κ1) is 15.5. The van der Waals surface area contributed by atoms with Gasteiger partial charge in [-0.2, -0.15) is 0 Å². The minimum atomic E-state index is -0.774. The minimum absolute atomic E-state index is 0.446. The number of rotatable bonds is 3. The zero-order valence-electron chi connectivity index (χ0n) is 13.2. The van der Waals surface area contributed by atoms with E-state index in [9.17, 15) is 9.59 Å². The summed E-state index contributed by atoms with van der Waals surface area (Å²) in [5, 5.41) is 5.11. The minimum Gasteiger partial charge on any atom is -0.495 e. The molecule has 0 aliphatic heterocycles. The van der Waals surface area contributed by atoms with Crippen molar-refractivity contribution in [3.8, 4) is 5.75 Å². The second-order valence-corrected chi connectivity index (χ2v) is 5.25. The highest BCUT2D eigenvalue weighted by atomic mass is 16.5. The third kappa shape index (κ3) is 3.19. The number of carbonyl (C=O) groups is 2. The molecule has 0 spiro atoms. The monoisotopic (exact) mass is 324 g/mol. The number of benzene rings is 2. The van der Waals surface area contributed by atoms with Gasteiger partial charge in [-0.3, -0.25) is 9.59 Å². The summed E-state index contributed by atoms with van der Waals surface area (Å²) in [5.74, 6) is -1.05. The summed E-state index contributed by atoms with van der Waals surface area (Å²) in [6.45, 7) is 1.88. The quantitative estimate of drug-likeness (QED) is 0.645. The van der Waals surface area contributed by atoms with Gasteiger partial charge in [0.25, 0.3) is 0 Å². The fourth-order valence-electron chi connectivity index (χ4n) is 2.30. The Hall–Kier alpha value is -3.35. The first-order chi connectivity index (χ1) is 11.6. The van der Waals surface area contributed by atoms with E-state index >= 15 is 0 Å². The van der Waals surface area contributed by atoms with Gasteiger partial charge in [-0.1, -0.05) is 6.07 Å². The molecule has 2 amide bonds. The molecule has 0 atom stereocenters. The molecule has 3 N–H and O–H groups in total. The molecule has 122 valence electrons. The van der Waals surface area contributed by atoms with Gasteiger partial charge in [-0.05, 0) is 42.8 Å². The Morgan fingerprint density at radius 1 is 1.08 bits per heavy atom. The molecule has 0 radical (unpaired) electrons. The van der Waals surface area contributed by atoms with Gasteiger partial charge >= 0.3 is 11.8 Å². The van der Waals surface area contributed by atoms with Crippen molar-refractivity contribution in [2.24, 2.45) is 0 Å². The largest absolute Gasteiger partial charge is 0.495 e. The van der Waals surface area contributed by atoms with Crippen LogP contribution >= 0.6 is 0 Å². The van der Waals surface area contributed by atoms with Crippen molar-refractivity contribution in [2.45, 2.75) is 6.92 Å². The van der Waals surface area contributed by atoms with Crippen molar-refractivity contribution in [1.82, 2.24) is 9.97 Å². The van der Waals surface area contributed by atoms with E-state index in [0.717, 1.165) is 16.6 Å². The Labute approximate surface area is 138 Å². The lowest BCUT2D eigenvalue weighted by molar-refractivity contribution is -0.133. The number of aromatic amines is 1. The summed E-state index contributed by atoms with van der Waals surface area (Å²) in [7, 11) is 1.50. The lowest BCUT2D eigenvalue weighted by Crippen LogP contribution is -2.29. The van der Waals surface area contributed by atoms with E-state index < -0.39 is 11.8 Å². The normalized spacial score (nSPS) is 10.4. The van der Waals surface area contributed by atoms with E-state index in [1.165, 1.54) is 7.11 Å². The van der Waals surface area contributed by atoms with Crippen molar-refractivity contribution in [3.05, 3.63) is 48.3 Å². The van der Waals surface area contributed by atoms with Crippen molar-refractivity contribution in [1.29, 1.82) is 0 Å². The van der Waals surface area contributed by atoms with Crippen molar-refractivity contribution < 1.29 is 14.3 Å². The molecule has 3 aromatic rings. The second kappa shape index (κ2) is 6.41. The van der Waals surface area contributed by atoms with Gasteiger partial charge in [0.2, 0.25) is 0 Å². The third-order valence-corrected chi connectivity index (χ3v) is 3.49. The Balaban J connectivity index is 1.72. The standard InChI is InChI=1S/C17H16N4O3/c1-10-3-6-15(24-2)14(7-10)21-17(23)16(22)20-11-4-5-12-13(8-11)19-9-18-12/h3-9H,1-2H3,(H,18,19)(H,20,22)(H,21,23). The smallest absolute Gasteiger partial charge is 0.314 e. The van der Waals surface area contributed by atoms with E-state index in [0.29, 0.717) is 17.1 Å². The van der Waals surface area contributed by atoms with E-state index in [1.807, 2.05) is 13.0 Å². The van der Waals surface area contributed by atoms with Crippen LogP contribution in [0.3, 0.4) is 0 Å². The number of ether oxygens (including phenoxy) is 1. The van der Waals surface area contributed by atoms with E-state index in [2.05, 4.69) is 20.6 Å². The zero-order valence-corrected chi connectivity index (χ0v) is 13.2. The molecule has 0 bridgehead atoms. The Morgan fingerprint density at radius 2 is 1.88 bits per heavy atom. The summed E-state index contributed by atoms with van der Waals surface area (Å²) in [4.78, 5) is 31.2. The Morgan fingerprint density at radius 3 is 2.67 bits per heavy atom. The first-order valence-corrected chi connectivity index (χ1v) is 7.27. The number of nitrogens with zero attached hydrogens (tertiary/aromatic N) is 1. The van der Waals surface area contributed by atoms with Gasteiger partial charge in [0, 0.05) is 5.69 Å². The van der Waals surface area contributed by atoms with Crippen LogP contribution in [0.5, 0.6) is 5.75 Å². The zero-order chi connectivity index (χ0) is 17.1. The van der Waals surface area contributed by atoms with Gasteiger partial charge in [0.1, 0.15) is 5.75 Å². The number of amides is 2. The number of methoxy groups -OCH3 is 1. The van der Waals surface area contributed by atoms with E-state index in [-0.39, 0.29) is 0 Å².